The Morgan fingerprint density at radius 3 is 2.15 bits per heavy atom. The van der Waals surface area contributed by atoms with Crippen molar-refractivity contribution in [3.8, 4) is 11.5 Å². The van der Waals surface area contributed by atoms with Crippen molar-refractivity contribution < 1.29 is 32.2 Å². The predicted molar refractivity (Wildman–Crippen MR) is 147 cm³/mol. The Balaban J connectivity index is 1.83. The number of ether oxygens (including phenoxy) is 2. The maximum absolute atomic E-state index is 13.5. The number of alkyl halides is 3. The molecule has 3 rings (SSSR count). The van der Waals surface area contributed by atoms with Gasteiger partial charge < -0.3 is 14.8 Å². The third-order valence-electron chi connectivity index (χ3n) is 6.63. The molecule has 7 nitrogen and oxygen atoms in total. The zero-order valence-electron chi connectivity index (χ0n) is 24.3. The summed E-state index contributed by atoms with van der Waals surface area (Å²) in [5.41, 5.74) is -0.0205. The second-order valence-corrected chi connectivity index (χ2v) is 11.5. The number of hydrogen-bond donors (Lipinski definition) is 1. The minimum absolute atomic E-state index is 0.258. The first-order valence-electron chi connectivity index (χ1n) is 13.6. The highest BCUT2D eigenvalue weighted by Crippen LogP contribution is 2.36. The van der Waals surface area contributed by atoms with E-state index in [0.29, 0.717) is 42.9 Å². The number of rotatable bonds is 8. The van der Waals surface area contributed by atoms with Crippen LogP contribution in [0.2, 0.25) is 0 Å². The summed E-state index contributed by atoms with van der Waals surface area (Å²) in [6, 6.07) is 9.32. The summed E-state index contributed by atoms with van der Waals surface area (Å²) in [6.07, 6.45) is -4.55. The number of carbonyl (C=O) groups excluding carboxylic acids is 2. The minimum Gasteiger partial charge on any atom is -0.457 e. The molecule has 0 aliphatic carbocycles. The number of halogens is 3. The quantitative estimate of drug-likeness (QED) is 0.394. The maximum atomic E-state index is 13.5. The molecule has 2 aromatic rings. The van der Waals surface area contributed by atoms with E-state index in [9.17, 15) is 22.8 Å². The van der Waals surface area contributed by atoms with Gasteiger partial charge in [0.25, 0.3) is 0 Å². The Morgan fingerprint density at radius 1 is 1.00 bits per heavy atom. The van der Waals surface area contributed by atoms with Crippen molar-refractivity contribution >= 4 is 12.0 Å². The van der Waals surface area contributed by atoms with Gasteiger partial charge in [-0.1, -0.05) is 6.07 Å². The highest BCUT2D eigenvalue weighted by Gasteiger charge is 2.38. The van der Waals surface area contributed by atoms with E-state index in [-0.39, 0.29) is 18.2 Å². The molecule has 0 spiro atoms. The van der Waals surface area contributed by atoms with Gasteiger partial charge in [-0.15, -0.1) is 0 Å². The summed E-state index contributed by atoms with van der Waals surface area (Å²) >= 11 is 0. The molecule has 1 heterocycles. The number of nitrogens with zero attached hydrogens (tertiary/aromatic N) is 2. The molecule has 1 aliphatic rings. The monoisotopic (exact) mass is 563 g/mol. The number of amides is 2. The highest BCUT2D eigenvalue weighted by atomic mass is 19.4. The average Bonchev–Trinajstić information content (AvgIpc) is 2.84. The minimum atomic E-state index is -4.43. The molecule has 0 saturated heterocycles. The van der Waals surface area contributed by atoms with Crippen LogP contribution in [0.25, 0.3) is 0 Å². The number of carbonyl (C=O) groups is 2. The fourth-order valence-corrected chi connectivity index (χ4v) is 4.83. The van der Waals surface area contributed by atoms with Crippen LogP contribution in [-0.2, 0) is 22.1 Å². The molecular formula is C30H40F3N3O4. The summed E-state index contributed by atoms with van der Waals surface area (Å²) in [4.78, 5) is 30.4. The van der Waals surface area contributed by atoms with Crippen LogP contribution in [0.15, 0.2) is 42.5 Å². The molecule has 1 atom stereocenters. The molecule has 220 valence electrons. The van der Waals surface area contributed by atoms with E-state index in [1.54, 1.807) is 39.0 Å². The standard InChI is InChI=1S/C30H40F3N3O4/c1-19(2)35(20(3)4)17-15-34-27(37)26-25-13-12-24(39-23-10-8-22(9-11-23)30(31,32)33)18-21(25)14-16-36(26)28(38)40-29(5,6)7/h8-13,18-20,26H,14-17H2,1-7H3,(H,34,37). The van der Waals surface area contributed by atoms with E-state index < -0.39 is 29.5 Å². The fourth-order valence-electron chi connectivity index (χ4n) is 4.83. The van der Waals surface area contributed by atoms with Crippen LogP contribution < -0.4 is 10.1 Å². The lowest BCUT2D eigenvalue weighted by atomic mass is 9.92. The molecular weight excluding hydrogens is 523 g/mol. The van der Waals surface area contributed by atoms with Gasteiger partial charge in [0, 0.05) is 31.7 Å². The van der Waals surface area contributed by atoms with E-state index in [4.69, 9.17) is 9.47 Å². The molecule has 10 heteroatoms. The highest BCUT2D eigenvalue weighted by molar-refractivity contribution is 5.88. The Labute approximate surface area is 234 Å². The summed E-state index contributed by atoms with van der Waals surface area (Å²) in [6.45, 7) is 15.1. The summed E-state index contributed by atoms with van der Waals surface area (Å²) in [5, 5.41) is 3.00. The van der Waals surface area contributed by atoms with Gasteiger partial charge in [-0.3, -0.25) is 14.6 Å². The van der Waals surface area contributed by atoms with Crippen LogP contribution in [0.5, 0.6) is 11.5 Å². The largest absolute Gasteiger partial charge is 0.457 e. The van der Waals surface area contributed by atoms with Crippen molar-refractivity contribution in [3.05, 3.63) is 59.2 Å². The van der Waals surface area contributed by atoms with Gasteiger partial charge in [0.05, 0.1) is 5.56 Å². The van der Waals surface area contributed by atoms with Crippen LogP contribution in [0, 0.1) is 0 Å². The number of hydrogen-bond acceptors (Lipinski definition) is 5. The summed E-state index contributed by atoms with van der Waals surface area (Å²) in [7, 11) is 0. The van der Waals surface area contributed by atoms with Crippen molar-refractivity contribution in [2.24, 2.45) is 0 Å². The van der Waals surface area contributed by atoms with Crippen LogP contribution in [-0.4, -0.2) is 59.1 Å². The average molecular weight is 564 g/mol. The Morgan fingerprint density at radius 2 is 1.60 bits per heavy atom. The first-order chi connectivity index (χ1) is 18.6. The second-order valence-electron chi connectivity index (χ2n) is 11.5. The third kappa shape index (κ3) is 8.13. The molecule has 0 radical (unpaired) electrons. The zero-order valence-corrected chi connectivity index (χ0v) is 24.3. The molecule has 40 heavy (non-hydrogen) atoms. The van der Waals surface area contributed by atoms with Crippen molar-refractivity contribution in [2.75, 3.05) is 19.6 Å². The van der Waals surface area contributed by atoms with Crippen molar-refractivity contribution in [2.45, 2.75) is 84.8 Å². The van der Waals surface area contributed by atoms with Crippen LogP contribution in [0.4, 0.5) is 18.0 Å². The molecule has 2 amide bonds. The Bertz CT molecular complexity index is 1170. The third-order valence-corrected chi connectivity index (χ3v) is 6.63. The van der Waals surface area contributed by atoms with Gasteiger partial charge in [0.15, 0.2) is 0 Å². The van der Waals surface area contributed by atoms with Gasteiger partial charge >= 0.3 is 12.3 Å². The van der Waals surface area contributed by atoms with Gasteiger partial charge in [0.1, 0.15) is 23.1 Å². The molecule has 1 unspecified atom stereocenters. The Kier molecular flexibility index (Phi) is 9.76. The molecule has 0 fully saturated rings. The predicted octanol–water partition coefficient (Wildman–Crippen LogP) is 6.57. The van der Waals surface area contributed by atoms with E-state index in [1.807, 2.05) is 0 Å². The van der Waals surface area contributed by atoms with Gasteiger partial charge in [-0.2, -0.15) is 13.2 Å². The van der Waals surface area contributed by atoms with E-state index in [2.05, 4.69) is 37.9 Å². The maximum Gasteiger partial charge on any atom is 0.416 e. The molecule has 2 aromatic carbocycles. The molecule has 0 bridgehead atoms. The normalized spacial score (nSPS) is 15.8. The first-order valence-corrected chi connectivity index (χ1v) is 13.6. The molecule has 0 aromatic heterocycles. The van der Waals surface area contributed by atoms with E-state index in [0.717, 1.165) is 17.7 Å². The van der Waals surface area contributed by atoms with Crippen molar-refractivity contribution in [1.82, 2.24) is 15.1 Å². The van der Waals surface area contributed by atoms with Crippen molar-refractivity contribution in [1.29, 1.82) is 0 Å². The second kappa shape index (κ2) is 12.5. The van der Waals surface area contributed by atoms with Gasteiger partial charge in [-0.05, 0) is 102 Å². The van der Waals surface area contributed by atoms with Gasteiger partial charge in [-0.25, -0.2) is 4.79 Å². The Hall–Kier alpha value is -3.27. The van der Waals surface area contributed by atoms with E-state index >= 15 is 0 Å². The van der Waals surface area contributed by atoms with Crippen LogP contribution >= 0.6 is 0 Å². The smallest absolute Gasteiger partial charge is 0.416 e. The van der Waals surface area contributed by atoms with Crippen molar-refractivity contribution in [3.63, 3.8) is 0 Å². The summed E-state index contributed by atoms with van der Waals surface area (Å²) in [5.74, 6) is 0.372. The zero-order chi connectivity index (χ0) is 29.8. The first kappa shape index (κ1) is 31.3. The topological polar surface area (TPSA) is 71.1 Å². The SMILES string of the molecule is CC(C)N(CCNC(=O)C1c2ccc(Oc3ccc(C(F)(F)F)cc3)cc2CCN1C(=O)OC(C)(C)C)C(C)C. The van der Waals surface area contributed by atoms with Gasteiger partial charge in [0.2, 0.25) is 5.91 Å². The van der Waals surface area contributed by atoms with Crippen LogP contribution in [0.3, 0.4) is 0 Å². The lowest BCUT2D eigenvalue weighted by Crippen LogP contribution is -2.50. The number of nitrogens with one attached hydrogen (secondary N) is 1. The van der Waals surface area contributed by atoms with E-state index in [1.165, 1.54) is 17.0 Å². The number of benzene rings is 2. The summed E-state index contributed by atoms with van der Waals surface area (Å²) < 4.78 is 50.1. The van der Waals surface area contributed by atoms with Crippen LogP contribution in [0.1, 0.15) is 71.2 Å². The fraction of sp³-hybridized carbons (Fsp3) is 0.533. The molecule has 0 saturated carbocycles. The molecule has 1 N–H and O–H groups in total. The lowest BCUT2D eigenvalue weighted by Gasteiger charge is -2.37. The lowest BCUT2D eigenvalue weighted by molar-refractivity contribution is -0.137. The molecule has 1 aliphatic heterocycles. The number of fused-ring (bicyclic) bond motifs is 1.